The van der Waals surface area contributed by atoms with Gasteiger partial charge in [-0.15, -0.1) is 0 Å². The second-order valence-electron chi connectivity index (χ2n) is 8.09. The van der Waals surface area contributed by atoms with Crippen molar-refractivity contribution in [3.05, 3.63) is 29.3 Å². The van der Waals surface area contributed by atoms with Crippen LogP contribution in [-0.2, 0) is 6.42 Å². The number of hydrogen-bond acceptors (Lipinski definition) is 2. The molecule has 24 heavy (non-hydrogen) atoms. The molecule has 0 spiro atoms. The topological polar surface area (TPSA) is 29.5 Å². The number of unbranched alkanes of at least 4 members (excludes halogenated alkanes) is 2. The molecule has 0 radical (unpaired) electrons. The molecule has 0 aromatic heterocycles. The van der Waals surface area contributed by atoms with Crippen LogP contribution < -0.4 is 4.74 Å². The molecular weight excluding hydrogens is 296 g/mol. The van der Waals surface area contributed by atoms with Crippen LogP contribution in [0.15, 0.2) is 18.2 Å². The van der Waals surface area contributed by atoms with Crippen LogP contribution in [0.2, 0.25) is 0 Å². The average Bonchev–Trinajstić information content (AvgIpc) is 2.54. The van der Waals surface area contributed by atoms with Crippen molar-refractivity contribution < 1.29 is 9.84 Å². The number of aryl methyl sites for hydroxylation is 1. The van der Waals surface area contributed by atoms with Gasteiger partial charge < -0.3 is 9.84 Å². The number of allylic oxidation sites excluding steroid dienone is 1. The lowest BCUT2D eigenvalue weighted by Gasteiger charge is -2.36. The summed E-state index contributed by atoms with van der Waals surface area (Å²) in [6.07, 6.45) is 13.3. The summed E-state index contributed by atoms with van der Waals surface area (Å²) < 4.78 is 6.23. The Balaban J connectivity index is 1.94. The van der Waals surface area contributed by atoms with E-state index in [2.05, 4.69) is 32.9 Å². The smallest absolute Gasteiger partial charge is 0.132 e. The van der Waals surface area contributed by atoms with E-state index in [1.807, 2.05) is 6.07 Å². The molecule has 1 heterocycles. The molecule has 132 valence electrons. The van der Waals surface area contributed by atoms with E-state index in [9.17, 15) is 5.11 Å². The molecule has 0 amide bonds. The lowest BCUT2D eigenvalue weighted by Crippen LogP contribution is -2.30. The summed E-state index contributed by atoms with van der Waals surface area (Å²) >= 11 is 0. The third-order valence-corrected chi connectivity index (χ3v) is 5.42. The van der Waals surface area contributed by atoms with Crippen LogP contribution in [0.3, 0.4) is 0 Å². The molecule has 1 aliphatic heterocycles. The number of phenolic OH excluding ortho intramolecular Hbond substituents is 1. The quantitative estimate of drug-likeness (QED) is 0.646. The third kappa shape index (κ3) is 3.79. The summed E-state index contributed by atoms with van der Waals surface area (Å²) in [5, 5.41) is 10.7. The minimum atomic E-state index is -0.297. The van der Waals surface area contributed by atoms with Gasteiger partial charge in [0.15, 0.2) is 0 Å². The number of fused-ring (bicyclic) bond motifs is 1. The molecule has 1 aliphatic carbocycles. The Bertz CT molecular complexity index is 607. The molecule has 0 bridgehead atoms. The fourth-order valence-electron chi connectivity index (χ4n) is 4.25. The van der Waals surface area contributed by atoms with Crippen molar-refractivity contribution in [1.29, 1.82) is 0 Å². The zero-order chi connectivity index (χ0) is 17.2. The van der Waals surface area contributed by atoms with Gasteiger partial charge in [0.2, 0.25) is 0 Å². The van der Waals surface area contributed by atoms with Gasteiger partial charge in [0.1, 0.15) is 17.1 Å². The largest absolute Gasteiger partial charge is 0.507 e. The second-order valence-corrected chi connectivity index (χ2v) is 8.09. The van der Waals surface area contributed by atoms with Crippen molar-refractivity contribution in [3.8, 4) is 11.5 Å². The minimum absolute atomic E-state index is 0.297. The maximum Gasteiger partial charge on any atom is 0.132 e. The first kappa shape index (κ1) is 17.4. The summed E-state index contributed by atoms with van der Waals surface area (Å²) in [5.74, 6) is 1.86. The predicted octanol–water partition coefficient (Wildman–Crippen LogP) is 6.26. The van der Waals surface area contributed by atoms with Crippen LogP contribution in [0.5, 0.6) is 11.5 Å². The Labute approximate surface area is 146 Å². The highest BCUT2D eigenvalue weighted by Crippen LogP contribution is 2.48. The summed E-state index contributed by atoms with van der Waals surface area (Å²) in [6.45, 7) is 6.47. The van der Waals surface area contributed by atoms with Gasteiger partial charge >= 0.3 is 0 Å². The highest BCUT2D eigenvalue weighted by molar-refractivity contribution is 5.79. The van der Waals surface area contributed by atoms with Crippen LogP contribution in [0, 0.1) is 5.92 Å². The zero-order valence-electron chi connectivity index (χ0n) is 15.5. The second kappa shape index (κ2) is 7.21. The van der Waals surface area contributed by atoms with Crippen molar-refractivity contribution in [1.82, 2.24) is 0 Å². The van der Waals surface area contributed by atoms with E-state index >= 15 is 0 Å². The highest BCUT2D eigenvalue weighted by Gasteiger charge is 2.33. The third-order valence-electron chi connectivity index (χ3n) is 5.42. The van der Waals surface area contributed by atoms with Gasteiger partial charge in [-0.25, -0.2) is 0 Å². The van der Waals surface area contributed by atoms with Crippen LogP contribution in [0.4, 0.5) is 0 Å². The first-order chi connectivity index (χ1) is 11.5. The van der Waals surface area contributed by atoms with Crippen LogP contribution in [0.25, 0.3) is 5.57 Å². The molecule has 1 saturated carbocycles. The number of rotatable bonds is 5. The van der Waals surface area contributed by atoms with E-state index in [0.717, 1.165) is 17.7 Å². The van der Waals surface area contributed by atoms with E-state index in [-0.39, 0.29) is 5.60 Å². The molecule has 1 aromatic rings. The molecule has 0 atom stereocenters. The predicted molar refractivity (Wildman–Crippen MR) is 101 cm³/mol. The first-order valence-electron chi connectivity index (χ1n) is 9.78. The maximum absolute atomic E-state index is 10.7. The van der Waals surface area contributed by atoms with E-state index in [1.165, 1.54) is 62.5 Å². The molecule has 0 saturated heterocycles. The summed E-state index contributed by atoms with van der Waals surface area (Å²) in [4.78, 5) is 0. The summed E-state index contributed by atoms with van der Waals surface area (Å²) in [6, 6.07) is 4.13. The summed E-state index contributed by atoms with van der Waals surface area (Å²) in [7, 11) is 0. The molecule has 2 nitrogen and oxygen atoms in total. The SMILES string of the molecule is CCCCCc1cc(O)c2c(c1)OC(C)(C)C=C2C1CCCCC1. The molecule has 2 heteroatoms. The Morgan fingerprint density at radius 1 is 1.12 bits per heavy atom. The molecule has 1 N–H and O–H groups in total. The van der Waals surface area contributed by atoms with Gasteiger partial charge in [-0.05, 0) is 74.8 Å². The van der Waals surface area contributed by atoms with Crippen molar-refractivity contribution >= 4 is 5.57 Å². The normalized spacial score (nSPS) is 20.2. The average molecular weight is 328 g/mol. The maximum atomic E-state index is 10.7. The Kier molecular flexibility index (Phi) is 5.22. The Morgan fingerprint density at radius 2 is 1.88 bits per heavy atom. The number of ether oxygens (including phenoxy) is 1. The fourth-order valence-corrected chi connectivity index (χ4v) is 4.25. The zero-order valence-corrected chi connectivity index (χ0v) is 15.5. The number of aromatic hydroxyl groups is 1. The van der Waals surface area contributed by atoms with E-state index in [4.69, 9.17) is 4.74 Å². The molecule has 3 rings (SSSR count). The van der Waals surface area contributed by atoms with Gasteiger partial charge in [-0.3, -0.25) is 0 Å². The molecule has 1 aromatic carbocycles. The van der Waals surface area contributed by atoms with Crippen LogP contribution in [0.1, 0.15) is 83.3 Å². The number of hydrogen-bond donors (Lipinski definition) is 1. The standard InChI is InChI=1S/C22H32O2/c1-4-5-7-10-16-13-19(23)21-18(17-11-8-6-9-12-17)15-22(2,3)24-20(21)14-16/h13-15,17,23H,4-12H2,1-3H3. The number of benzene rings is 1. The molecule has 1 fully saturated rings. The van der Waals surface area contributed by atoms with Gasteiger partial charge in [-0.2, -0.15) is 0 Å². The Hall–Kier alpha value is -1.44. The minimum Gasteiger partial charge on any atom is -0.507 e. The van der Waals surface area contributed by atoms with Gasteiger partial charge in [0, 0.05) is 0 Å². The lowest BCUT2D eigenvalue weighted by atomic mass is 9.77. The van der Waals surface area contributed by atoms with Gasteiger partial charge in [0.05, 0.1) is 5.56 Å². The first-order valence-corrected chi connectivity index (χ1v) is 9.78. The van der Waals surface area contributed by atoms with Crippen molar-refractivity contribution in [2.75, 3.05) is 0 Å². The van der Waals surface area contributed by atoms with Crippen molar-refractivity contribution in [3.63, 3.8) is 0 Å². The van der Waals surface area contributed by atoms with Gasteiger partial charge in [0.25, 0.3) is 0 Å². The Morgan fingerprint density at radius 3 is 2.58 bits per heavy atom. The molecular formula is C22H32O2. The van der Waals surface area contributed by atoms with Crippen molar-refractivity contribution in [2.45, 2.75) is 84.2 Å². The molecule has 0 unspecified atom stereocenters. The van der Waals surface area contributed by atoms with E-state index < -0.39 is 0 Å². The lowest BCUT2D eigenvalue weighted by molar-refractivity contribution is 0.155. The highest BCUT2D eigenvalue weighted by atomic mass is 16.5. The van der Waals surface area contributed by atoms with Crippen LogP contribution in [-0.4, -0.2) is 10.7 Å². The molecule has 2 aliphatic rings. The van der Waals surface area contributed by atoms with E-state index in [1.54, 1.807) is 0 Å². The monoisotopic (exact) mass is 328 g/mol. The van der Waals surface area contributed by atoms with Gasteiger partial charge in [-0.1, -0.05) is 39.0 Å². The van der Waals surface area contributed by atoms with E-state index in [0.29, 0.717) is 11.7 Å². The van der Waals surface area contributed by atoms with Crippen LogP contribution >= 0.6 is 0 Å². The van der Waals surface area contributed by atoms with Crippen molar-refractivity contribution in [2.24, 2.45) is 5.92 Å². The summed E-state index contributed by atoms with van der Waals surface area (Å²) in [5.41, 5.74) is 3.17. The fraction of sp³-hybridized carbons (Fsp3) is 0.636. The number of phenols is 1.